The van der Waals surface area contributed by atoms with Crippen LogP contribution in [0.3, 0.4) is 0 Å². The van der Waals surface area contributed by atoms with E-state index in [4.69, 9.17) is 4.74 Å². The largest absolute Gasteiger partial charge is 0.452 e. The Morgan fingerprint density at radius 1 is 1.07 bits per heavy atom. The maximum Gasteiger partial charge on any atom is 0.338 e. The normalized spacial score (nSPS) is 14.9. The highest BCUT2D eigenvalue weighted by Crippen LogP contribution is 2.21. The fourth-order valence-electron chi connectivity index (χ4n) is 3.10. The summed E-state index contributed by atoms with van der Waals surface area (Å²) in [5.74, 6) is -1.83. The summed E-state index contributed by atoms with van der Waals surface area (Å²) in [6.45, 7) is 2.03. The topological polar surface area (TPSA) is 92.8 Å². The second-order valence-corrected chi connectivity index (χ2v) is 9.02. The van der Waals surface area contributed by atoms with Crippen molar-refractivity contribution in [3.8, 4) is 0 Å². The molecule has 1 heterocycles. The van der Waals surface area contributed by atoms with Gasteiger partial charge >= 0.3 is 5.97 Å². The molecule has 0 unspecified atom stereocenters. The highest BCUT2D eigenvalue weighted by atomic mass is 32.2. The van der Waals surface area contributed by atoms with Crippen LogP contribution in [0.25, 0.3) is 0 Å². The van der Waals surface area contributed by atoms with Crippen molar-refractivity contribution >= 4 is 27.6 Å². The van der Waals surface area contributed by atoms with Crippen molar-refractivity contribution in [1.29, 1.82) is 0 Å². The summed E-state index contributed by atoms with van der Waals surface area (Å²) < 4.78 is 45.2. The van der Waals surface area contributed by atoms with Gasteiger partial charge in [-0.2, -0.15) is 4.31 Å². The monoisotopic (exact) mass is 434 g/mol. The summed E-state index contributed by atoms with van der Waals surface area (Å²) in [7, 11) is -3.58. The van der Waals surface area contributed by atoms with Crippen LogP contribution in [0.4, 0.5) is 10.1 Å². The quantitative estimate of drug-likeness (QED) is 0.706. The number of sulfonamides is 1. The molecule has 0 bridgehead atoms. The molecule has 1 N–H and O–H groups in total. The van der Waals surface area contributed by atoms with Gasteiger partial charge in [0.05, 0.1) is 10.5 Å². The number of esters is 1. The number of carbonyl (C=O) groups excluding carboxylic acids is 2. The summed E-state index contributed by atoms with van der Waals surface area (Å²) in [5.41, 5.74) is 0.832. The van der Waals surface area contributed by atoms with Crippen molar-refractivity contribution in [2.24, 2.45) is 0 Å². The van der Waals surface area contributed by atoms with Crippen LogP contribution in [0.5, 0.6) is 0 Å². The molecule has 3 rings (SSSR count). The number of rotatable bonds is 6. The number of aryl methyl sites for hydroxylation is 1. The average Bonchev–Trinajstić information content (AvgIpc) is 2.75. The summed E-state index contributed by atoms with van der Waals surface area (Å²) in [5, 5.41) is 2.44. The van der Waals surface area contributed by atoms with Gasteiger partial charge in [0.1, 0.15) is 5.82 Å². The number of benzene rings is 2. The number of amides is 1. The first-order valence-corrected chi connectivity index (χ1v) is 11.0. The molecular weight excluding hydrogens is 411 g/mol. The van der Waals surface area contributed by atoms with Crippen LogP contribution in [0, 0.1) is 12.7 Å². The maximum absolute atomic E-state index is 13.5. The van der Waals surface area contributed by atoms with Gasteiger partial charge in [-0.25, -0.2) is 17.6 Å². The van der Waals surface area contributed by atoms with Gasteiger partial charge in [0.25, 0.3) is 5.91 Å². The van der Waals surface area contributed by atoms with Crippen molar-refractivity contribution in [2.45, 2.75) is 31.1 Å². The van der Waals surface area contributed by atoms with Crippen molar-refractivity contribution in [3.63, 3.8) is 0 Å². The molecule has 30 heavy (non-hydrogen) atoms. The Kier molecular flexibility index (Phi) is 6.84. The van der Waals surface area contributed by atoms with E-state index in [2.05, 4.69) is 5.32 Å². The summed E-state index contributed by atoms with van der Waals surface area (Å²) in [6, 6.07) is 9.66. The lowest BCUT2D eigenvalue weighted by Crippen LogP contribution is -2.35. The minimum absolute atomic E-state index is 0.111. The van der Waals surface area contributed by atoms with Gasteiger partial charge in [-0.15, -0.1) is 0 Å². The standard InChI is InChI=1S/C21H23FN2O5S/c1-15-5-8-17(13-19(15)22)23-20(25)14-29-21(26)16-6-9-18(10-7-16)30(27,28)24-11-3-2-4-12-24/h5-10,13H,2-4,11-12,14H2,1H3,(H,23,25). The number of carbonyl (C=O) groups is 2. The van der Waals surface area contributed by atoms with Crippen LogP contribution in [-0.2, 0) is 19.6 Å². The maximum atomic E-state index is 13.5. The SMILES string of the molecule is Cc1ccc(NC(=O)COC(=O)c2ccc(S(=O)(=O)N3CCCCC3)cc2)cc1F. The molecular formula is C21H23FN2O5S. The number of anilines is 1. The zero-order valence-corrected chi connectivity index (χ0v) is 17.4. The van der Waals surface area contributed by atoms with Crippen molar-refractivity contribution in [2.75, 3.05) is 25.0 Å². The molecule has 9 heteroatoms. The smallest absolute Gasteiger partial charge is 0.338 e. The number of hydrogen-bond donors (Lipinski definition) is 1. The predicted molar refractivity (Wildman–Crippen MR) is 109 cm³/mol. The van der Waals surface area contributed by atoms with Gasteiger partial charge in [0.15, 0.2) is 6.61 Å². The van der Waals surface area contributed by atoms with E-state index in [9.17, 15) is 22.4 Å². The van der Waals surface area contributed by atoms with E-state index in [1.165, 1.54) is 40.7 Å². The molecule has 1 saturated heterocycles. The minimum Gasteiger partial charge on any atom is -0.452 e. The van der Waals surface area contributed by atoms with Gasteiger partial charge in [0.2, 0.25) is 10.0 Å². The van der Waals surface area contributed by atoms with Gasteiger partial charge in [-0.1, -0.05) is 12.5 Å². The first-order chi connectivity index (χ1) is 14.3. The average molecular weight is 434 g/mol. The van der Waals surface area contributed by atoms with Crippen LogP contribution in [0.2, 0.25) is 0 Å². The van der Waals surface area contributed by atoms with E-state index in [-0.39, 0.29) is 16.1 Å². The Morgan fingerprint density at radius 3 is 2.37 bits per heavy atom. The molecule has 0 atom stereocenters. The Bertz CT molecular complexity index is 1030. The van der Waals surface area contributed by atoms with Gasteiger partial charge < -0.3 is 10.1 Å². The van der Waals surface area contributed by atoms with E-state index in [0.29, 0.717) is 18.7 Å². The Morgan fingerprint density at radius 2 is 1.73 bits per heavy atom. The Hall–Kier alpha value is -2.78. The Balaban J connectivity index is 1.56. The number of ether oxygens (including phenoxy) is 1. The third-order valence-electron chi connectivity index (χ3n) is 4.83. The number of nitrogens with one attached hydrogen (secondary N) is 1. The number of halogens is 1. The van der Waals surface area contributed by atoms with Crippen LogP contribution in [0.1, 0.15) is 35.2 Å². The molecule has 1 aliphatic rings. The Labute approximate surface area is 174 Å². The van der Waals surface area contributed by atoms with E-state index < -0.39 is 34.3 Å². The van der Waals surface area contributed by atoms with Crippen molar-refractivity contribution < 1.29 is 27.1 Å². The van der Waals surface area contributed by atoms with Crippen LogP contribution < -0.4 is 5.32 Å². The molecule has 0 aliphatic carbocycles. The van der Waals surface area contributed by atoms with E-state index in [0.717, 1.165) is 19.3 Å². The van der Waals surface area contributed by atoms with Gasteiger partial charge in [0, 0.05) is 18.8 Å². The lowest BCUT2D eigenvalue weighted by molar-refractivity contribution is -0.119. The molecule has 0 saturated carbocycles. The molecule has 2 aromatic rings. The molecule has 0 spiro atoms. The molecule has 2 aromatic carbocycles. The number of piperidine rings is 1. The fourth-order valence-corrected chi connectivity index (χ4v) is 4.62. The molecule has 7 nitrogen and oxygen atoms in total. The zero-order chi connectivity index (χ0) is 21.7. The summed E-state index contributed by atoms with van der Waals surface area (Å²) >= 11 is 0. The second-order valence-electron chi connectivity index (χ2n) is 7.08. The van der Waals surface area contributed by atoms with E-state index >= 15 is 0 Å². The van der Waals surface area contributed by atoms with E-state index in [1.54, 1.807) is 13.0 Å². The van der Waals surface area contributed by atoms with E-state index in [1.807, 2.05) is 0 Å². The molecule has 1 aliphatic heterocycles. The predicted octanol–water partition coefficient (Wildman–Crippen LogP) is 3.10. The van der Waals surface area contributed by atoms with Gasteiger partial charge in [-0.3, -0.25) is 4.79 Å². The summed E-state index contributed by atoms with van der Waals surface area (Å²) in [6.07, 6.45) is 2.69. The van der Waals surface area contributed by atoms with Crippen LogP contribution >= 0.6 is 0 Å². The second kappa shape index (κ2) is 9.36. The first kappa shape index (κ1) is 21.9. The fraction of sp³-hybridized carbons (Fsp3) is 0.333. The minimum atomic E-state index is -3.58. The highest BCUT2D eigenvalue weighted by Gasteiger charge is 2.26. The first-order valence-electron chi connectivity index (χ1n) is 9.61. The highest BCUT2D eigenvalue weighted by molar-refractivity contribution is 7.89. The number of nitrogens with zero attached hydrogens (tertiary/aromatic N) is 1. The lowest BCUT2D eigenvalue weighted by atomic mass is 10.2. The van der Waals surface area contributed by atoms with Gasteiger partial charge in [-0.05, 0) is 61.7 Å². The molecule has 0 aromatic heterocycles. The molecule has 1 fully saturated rings. The van der Waals surface area contributed by atoms with Crippen LogP contribution in [-0.4, -0.2) is 44.3 Å². The third kappa shape index (κ3) is 5.22. The zero-order valence-electron chi connectivity index (χ0n) is 16.6. The third-order valence-corrected chi connectivity index (χ3v) is 6.75. The lowest BCUT2D eigenvalue weighted by Gasteiger charge is -2.25. The summed E-state index contributed by atoms with van der Waals surface area (Å²) in [4.78, 5) is 24.2. The number of hydrogen-bond acceptors (Lipinski definition) is 5. The van der Waals surface area contributed by atoms with Crippen molar-refractivity contribution in [3.05, 3.63) is 59.4 Å². The molecule has 1 amide bonds. The molecule has 0 radical (unpaired) electrons. The van der Waals surface area contributed by atoms with Crippen molar-refractivity contribution in [1.82, 2.24) is 4.31 Å². The van der Waals surface area contributed by atoms with Crippen LogP contribution in [0.15, 0.2) is 47.4 Å². The molecule has 160 valence electrons.